The second-order valence-electron chi connectivity index (χ2n) is 3.60. The summed E-state index contributed by atoms with van der Waals surface area (Å²) in [5, 5.41) is 0. The van der Waals surface area contributed by atoms with Crippen LogP contribution in [-0.2, 0) is 11.2 Å². The van der Waals surface area contributed by atoms with Gasteiger partial charge in [-0.05, 0) is 24.5 Å². The van der Waals surface area contributed by atoms with Gasteiger partial charge in [-0.1, -0.05) is 30.3 Å². The number of primary amides is 1. The van der Waals surface area contributed by atoms with Crippen LogP contribution in [0.15, 0.2) is 48.2 Å². The highest BCUT2D eigenvalue weighted by Crippen LogP contribution is 2.03. The van der Waals surface area contributed by atoms with Gasteiger partial charge in [-0.3, -0.25) is 4.79 Å². The lowest BCUT2D eigenvalue weighted by molar-refractivity contribution is -0.113. The molecule has 0 fully saturated rings. The van der Waals surface area contributed by atoms with Crippen molar-refractivity contribution >= 4 is 5.91 Å². The zero-order chi connectivity index (χ0) is 11.8. The van der Waals surface area contributed by atoms with Gasteiger partial charge in [0, 0.05) is 12.1 Å². The summed E-state index contributed by atoms with van der Waals surface area (Å²) >= 11 is 0. The number of carbonyl (C=O) groups excluding carboxylic acids is 1. The van der Waals surface area contributed by atoms with E-state index < -0.39 is 5.91 Å². The summed E-state index contributed by atoms with van der Waals surface area (Å²) in [6, 6.07) is 10.1. The van der Waals surface area contributed by atoms with Gasteiger partial charge in [-0.15, -0.1) is 5.73 Å². The molecule has 4 N–H and O–H groups in total. The van der Waals surface area contributed by atoms with Gasteiger partial charge in [-0.2, -0.15) is 0 Å². The van der Waals surface area contributed by atoms with Crippen LogP contribution >= 0.6 is 0 Å². The molecule has 0 saturated carbocycles. The maximum atomic E-state index is 10.4. The minimum atomic E-state index is -0.493. The summed E-state index contributed by atoms with van der Waals surface area (Å²) in [5.74, 6) is -0.493. The van der Waals surface area contributed by atoms with Crippen molar-refractivity contribution in [2.45, 2.75) is 18.9 Å². The first-order valence-electron chi connectivity index (χ1n) is 5.18. The first-order valence-corrected chi connectivity index (χ1v) is 5.18. The number of amides is 1. The molecule has 0 aliphatic carbocycles. The summed E-state index contributed by atoms with van der Waals surface area (Å²) in [6.07, 6.45) is 4.43. The molecule has 1 amide bonds. The Morgan fingerprint density at radius 2 is 2.06 bits per heavy atom. The Balaban J connectivity index is 2.40. The first kappa shape index (κ1) is 12.2. The number of benzene rings is 1. The summed E-state index contributed by atoms with van der Waals surface area (Å²) in [4.78, 5) is 10.4. The van der Waals surface area contributed by atoms with Crippen molar-refractivity contribution in [2.24, 2.45) is 11.5 Å². The third kappa shape index (κ3) is 5.15. The second kappa shape index (κ2) is 6.62. The monoisotopic (exact) mass is 216 g/mol. The van der Waals surface area contributed by atoms with Crippen molar-refractivity contribution in [3.8, 4) is 0 Å². The third-order valence-corrected chi connectivity index (χ3v) is 2.10. The number of hydrogen-bond acceptors (Lipinski definition) is 2. The lowest BCUT2D eigenvalue weighted by atomic mass is 10.0. The molecule has 0 spiro atoms. The maximum Gasteiger partial charge on any atom is 0.249 e. The predicted molar refractivity (Wildman–Crippen MR) is 64.6 cm³/mol. The molecule has 0 aliphatic heterocycles. The molecule has 0 saturated heterocycles. The maximum absolute atomic E-state index is 10.4. The predicted octanol–water partition coefficient (Wildman–Crippen LogP) is 1.14. The second-order valence-corrected chi connectivity index (χ2v) is 3.60. The van der Waals surface area contributed by atoms with E-state index in [1.165, 1.54) is 11.6 Å². The fourth-order valence-corrected chi connectivity index (χ4v) is 1.36. The smallest absolute Gasteiger partial charge is 0.249 e. The number of carbonyl (C=O) groups is 1. The van der Waals surface area contributed by atoms with Gasteiger partial charge in [0.15, 0.2) is 0 Å². The Morgan fingerprint density at radius 3 is 2.69 bits per heavy atom. The van der Waals surface area contributed by atoms with E-state index in [-0.39, 0.29) is 6.04 Å². The molecule has 1 aromatic carbocycles. The Bertz CT molecular complexity index is 392. The standard InChI is InChI=1S/C13H16N2O/c14-12(8-4-5-9-13(15)16)10-11-6-2-1-3-7-11/h1-4,6-7,9,12H,8,10,14H2,(H2,15,16). The number of nitrogens with two attached hydrogens (primary N) is 2. The van der Waals surface area contributed by atoms with E-state index in [1.807, 2.05) is 30.3 Å². The Hall–Kier alpha value is -1.83. The first-order chi connectivity index (χ1) is 7.68. The van der Waals surface area contributed by atoms with Crippen LogP contribution in [-0.4, -0.2) is 11.9 Å². The van der Waals surface area contributed by atoms with Crippen LogP contribution in [0, 0.1) is 0 Å². The van der Waals surface area contributed by atoms with Crippen LogP contribution in [0.4, 0.5) is 0 Å². The van der Waals surface area contributed by atoms with E-state index >= 15 is 0 Å². The molecule has 0 aromatic heterocycles. The van der Waals surface area contributed by atoms with E-state index in [9.17, 15) is 4.79 Å². The zero-order valence-electron chi connectivity index (χ0n) is 9.10. The normalized spacial score (nSPS) is 11.3. The molecule has 0 heterocycles. The minimum Gasteiger partial charge on any atom is -0.366 e. The van der Waals surface area contributed by atoms with Gasteiger partial charge in [0.2, 0.25) is 5.91 Å². The summed E-state index contributed by atoms with van der Waals surface area (Å²) in [5.41, 5.74) is 14.8. The highest BCUT2D eigenvalue weighted by atomic mass is 16.1. The van der Waals surface area contributed by atoms with Gasteiger partial charge in [0.05, 0.1) is 0 Å². The van der Waals surface area contributed by atoms with Crippen molar-refractivity contribution in [3.63, 3.8) is 0 Å². The summed E-state index contributed by atoms with van der Waals surface area (Å²) in [6.45, 7) is 0. The van der Waals surface area contributed by atoms with Crippen molar-refractivity contribution in [2.75, 3.05) is 0 Å². The van der Waals surface area contributed by atoms with Gasteiger partial charge in [0.1, 0.15) is 0 Å². The van der Waals surface area contributed by atoms with Crippen molar-refractivity contribution in [1.82, 2.24) is 0 Å². The molecule has 84 valence electrons. The molecule has 3 nitrogen and oxygen atoms in total. The Morgan fingerprint density at radius 1 is 1.38 bits per heavy atom. The molecular formula is C13H16N2O. The number of hydrogen-bond donors (Lipinski definition) is 2. The third-order valence-electron chi connectivity index (χ3n) is 2.10. The van der Waals surface area contributed by atoms with Crippen LogP contribution in [0.25, 0.3) is 0 Å². The lowest BCUT2D eigenvalue weighted by Gasteiger charge is -2.07. The zero-order valence-corrected chi connectivity index (χ0v) is 9.10. The van der Waals surface area contributed by atoms with E-state index in [0.29, 0.717) is 6.42 Å². The minimum absolute atomic E-state index is 0.0381. The molecule has 16 heavy (non-hydrogen) atoms. The summed E-state index contributed by atoms with van der Waals surface area (Å²) < 4.78 is 0. The van der Waals surface area contributed by atoms with E-state index in [1.54, 1.807) is 6.08 Å². The van der Waals surface area contributed by atoms with Crippen LogP contribution in [0.5, 0.6) is 0 Å². The van der Waals surface area contributed by atoms with Gasteiger partial charge in [0.25, 0.3) is 0 Å². The largest absolute Gasteiger partial charge is 0.366 e. The number of rotatable bonds is 5. The van der Waals surface area contributed by atoms with Gasteiger partial charge >= 0.3 is 0 Å². The van der Waals surface area contributed by atoms with Crippen LogP contribution in [0.1, 0.15) is 12.0 Å². The molecule has 1 aromatic rings. The molecule has 1 unspecified atom stereocenters. The Kier molecular flexibility index (Phi) is 5.06. The Labute approximate surface area is 95.4 Å². The highest BCUT2D eigenvalue weighted by Gasteiger charge is 2.00. The van der Waals surface area contributed by atoms with Crippen LogP contribution in [0.2, 0.25) is 0 Å². The molecular weight excluding hydrogens is 200 g/mol. The van der Waals surface area contributed by atoms with E-state index in [4.69, 9.17) is 11.5 Å². The van der Waals surface area contributed by atoms with Gasteiger partial charge in [-0.25, -0.2) is 0 Å². The highest BCUT2D eigenvalue weighted by molar-refractivity contribution is 5.85. The van der Waals surface area contributed by atoms with Crippen LogP contribution < -0.4 is 11.5 Å². The fraction of sp³-hybridized carbons (Fsp3) is 0.231. The van der Waals surface area contributed by atoms with Crippen molar-refractivity contribution in [3.05, 3.63) is 53.8 Å². The summed E-state index contributed by atoms with van der Waals surface area (Å²) in [7, 11) is 0. The van der Waals surface area contributed by atoms with E-state index in [0.717, 1.165) is 6.42 Å². The molecule has 0 aliphatic rings. The van der Waals surface area contributed by atoms with Crippen LogP contribution in [0.3, 0.4) is 0 Å². The SMILES string of the molecule is NC(=O)C=C=CCC(N)Cc1ccccc1. The lowest BCUT2D eigenvalue weighted by Crippen LogP contribution is -2.21. The average molecular weight is 216 g/mol. The van der Waals surface area contributed by atoms with Crippen molar-refractivity contribution in [1.29, 1.82) is 0 Å². The molecule has 1 atom stereocenters. The molecule has 0 bridgehead atoms. The van der Waals surface area contributed by atoms with E-state index in [2.05, 4.69) is 5.73 Å². The quantitative estimate of drug-likeness (QED) is 0.572. The topological polar surface area (TPSA) is 69.1 Å². The van der Waals surface area contributed by atoms with Crippen molar-refractivity contribution < 1.29 is 4.79 Å². The molecule has 3 heteroatoms. The average Bonchev–Trinajstić information content (AvgIpc) is 2.25. The molecule has 1 rings (SSSR count). The molecule has 0 radical (unpaired) electrons. The fourth-order valence-electron chi connectivity index (χ4n) is 1.36. The van der Waals surface area contributed by atoms with Gasteiger partial charge < -0.3 is 11.5 Å².